The first kappa shape index (κ1) is 9.96. The summed E-state index contributed by atoms with van der Waals surface area (Å²) in [5, 5.41) is 0. The first-order valence-corrected chi connectivity index (χ1v) is 5.00. The molecule has 1 aromatic rings. The highest BCUT2D eigenvalue weighted by molar-refractivity contribution is 5.77. The minimum absolute atomic E-state index is 0.280. The summed E-state index contributed by atoms with van der Waals surface area (Å²) in [4.78, 5) is 16.8. The monoisotopic (exact) mass is 206 g/mol. The van der Waals surface area contributed by atoms with Gasteiger partial charge >= 0.3 is 0 Å². The van der Waals surface area contributed by atoms with Gasteiger partial charge in [-0.3, -0.25) is 4.79 Å². The summed E-state index contributed by atoms with van der Waals surface area (Å²) in [7, 11) is 3.86. The van der Waals surface area contributed by atoms with Crippen molar-refractivity contribution in [2.45, 2.75) is 18.9 Å². The number of rotatable bonds is 4. The lowest BCUT2D eigenvalue weighted by molar-refractivity contribution is 0.111. The van der Waals surface area contributed by atoms with Gasteiger partial charge in [-0.25, -0.2) is 4.98 Å². The van der Waals surface area contributed by atoms with Crippen LogP contribution in [0.5, 0.6) is 5.75 Å². The lowest BCUT2D eigenvalue weighted by Crippen LogP contribution is -2.10. The van der Waals surface area contributed by atoms with E-state index in [2.05, 4.69) is 4.98 Å². The van der Waals surface area contributed by atoms with Crippen LogP contribution in [-0.4, -0.2) is 31.5 Å². The largest absolute Gasteiger partial charge is 0.488 e. The van der Waals surface area contributed by atoms with Gasteiger partial charge in [-0.05, 0) is 12.8 Å². The minimum Gasteiger partial charge on any atom is -0.488 e. The summed E-state index contributed by atoms with van der Waals surface area (Å²) in [6.45, 7) is 0. The third kappa shape index (κ3) is 2.26. The highest BCUT2D eigenvalue weighted by atomic mass is 16.5. The summed E-state index contributed by atoms with van der Waals surface area (Å²) < 4.78 is 5.62. The average molecular weight is 206 g/mol. The van der Waals surface area contributed by atoms with Gasteiger partial charge in [-0.2, -0.15) is 0 Å². The summed E-state index contributed by atoms with van der Waals surface area (Å²) >= 11 is 0. The number of pyridine rings is 1. The number of hydrogen-bond acceptors (Lipinski definition) is 4. The lowest BCUT2D eigenvalue weighted by Gasteiger charge is -2.14. The van der Waals surface area contributed by atoms with E-state index in [1.54, 1.807) is 6.20 Å². The van der Waals surface area contributed by atoms with Gasteiger partial charge < -0.3 is 9.64 Å². The number of anilines is 1. The van der Waals surface area contributed by atoms with Crippen molar-refractivity contribution in [2.75, 3.05) is 19.0 Å². The van der Waals surface area contributed by atoms with Crippen molar-refractivity contribution in [2.24, 2.45) is 0 Å². The van der Waals surface area contributed by atoms with Crippen LogP contribution in [0.15, 0.2) is 12.3 Å². The third-order valence-electron chi connectivity index (χ3n) is 2.31. The quantitative estimate of drug-likeness (QED) is 0.700. The van der Waals surface area contributed by atoms with E-state index >= 15 is 0 Å². The minimum atomic E-state index is 0.280. The normalized spacial score (nSPS) is 14.8. The van der Waals surface area contributed by atoms with Crippen LogP contribution >= 0.6 is 0 Å². The highest BCUT2D eigenvalue weighted by Gasteiger charge is 2.25. The molecule has 1 saturated carbocycles. The maximum absolute atomic E-state index is 10.8. The Kier molecular flexibility index (Phi) is 2.58. The fourth-order valence-corrected chi connectivity index (χ4v) is 1.24. The van der Waals surface area contributed by atoms with Crippen molar-refractivity contribution in [3.8, 4) is 5.75 Å². The number of carbonyl (C=O) groups excluding carboxylic acids is 1. The molecule has 1 aliphatic rings. The standard InChI is InChI=1S/C11H14N2O2/c1-13(2)8-5-11(15-9-3-4-9)10(7-14)12-6-8/h5-7,9H,3-4H2,1-2H3. The van der Waals surface area contributed by atoms with Gasteiger partial charge in [-0.1, -0.05) is 0 Å². The predicted octanol–water partition coefficient (Wildman–Crippen LogP) is 1.50. The van der Waals surface area contributed by atoms with Gasteiger partial charge in [-0.15, -0.1) is 0 Å². The van der Waals surface area contributed by atoms with E-state index < -0.39 is 0 Å². The molecule has 0 bridgehead atoms. The molecule has 1 fully saturated rings. The Morgan fingerprint density at radius 2 is 2.27 bits per heavy atom. The van der Waals surface area contributed by atoms with Crippen LogP contribution in [0.3, 0.4) is 0 Å². The van der Waals surface area contributed by atoms with Crippen molar-refractivity contribution in [1.82, 2.24) is 4.98 Å². The van der Waals surface area contributed by atoms with E-state index in [1.165, 1.54) is 0 Å². The molecule has 4 heteroatoms. The van der Waals surface area contributed by atoms with Gasteiger partial charge in [0.1, 0.15) is 5.69 Å². The van der Waals surface area contributed by atoms with Gasteiger partial charge in [0, 0.05) is 20.2 Å². The molecule has 0 saturated heterocycles. The Balaban J connectivity index is 2.28. The van der Waals surface area contributed by atoms with Crippen LogP contribution in [-0.2, 0) is 0 Å². The molecule has 0 N–H and O–H groups in total. The molecule has 0 atom stereocenters. The molecule has 1 aromatic heterocycles. The molecular weight excluding hydrogens is 192 g/mol. The number of aromatic nitrogens is 1. The zero-order valence-electron chi connectivity index (χ0n) is 8.93. The fourth-order valence-electron chi connectivity index (χ4n) is 1.24. The second-order valence-electron chi connectivity index (χ2n) is 3.91. The first-order valence-electron chi connectivity index (χ1n) is 5.00. The van der Waals surface area contributed by atoms with Crippen molar-refractivity contribution in [1.29, 1.82) is 0 Å². The average Bonchev–Trinajstić information content (AvgIpc) is 3.01. The molecule has 0 spiro atoms. The van der Waals surface area contributed by atoms with Crippen molar-refractivity contribution in [3.63, 3.8) is 0 Å². The number of aldehydes is 1. The van der Waals surface area contributed by atoms with Crippen LogP contribution in [0.25, 0.3) is 0 Å². The Morgan fingerprint density at radius 3 is 2.80 bits per heavy atom. The van der Waals surface area contributed by atoms with E-state index in [0.29, 0.717) is 11.4 Å². The summed E-state index contributed by atoms with van der Waals surface area (Å²) in [6, 6.07) is 1.86. The van der Waals surface area contributed by atoms with Crippen LogP contribution < -0.4 is 9.64 Å². The predicted molar refractivity (Wildman–Crippen MR) is 57.6 cm³/mol. The van der Waals surface area contributed by atoms with Crippen LogP contribution in [0.4, 0.5) is 5.69 Å². The zero-order chi connectivity index (χ0) is 10.8. The SMILES string of the molecule is CN(C)c1cnc(C=O)c(OC2CC2)c1. The van der Waals surface area contributed by atoms with Gasteiger partial charge in [0.2, 0.25) is 0 Å². The smallest absolute Gasteiger partial charge is 0.172 e. The second-order valence-corrected chi connectivity index (χ2v) is 3.91. The Bertz CT molecular complexity index is 373. The van der Waals surface area contributed by atoms with Crippen molar-refractivity contribution >= 4 is 12.0 Å². The van der Waals surface area contributed by atoms with Crippen molar-refractivity contribution < 1.29 is 9.53 Å². The highest BCUT2D eigenvalue weighted by Crippen LogP contribution is 2.29. The molecule has 0 radical (unpaired) electrons. The van der Waals surface area contributed by atoms with E-state index in [-0.39, 0.29) is 6.10 Å². The number of nitrogens with zero attached hydrogens (tertiary/aromatic N) is 2. The first-order chi connectivity index (χ1) is 7.20. The lowest BCUT2D eigenvalue weighted by atomic mass is 10.3. The number of carbonyl (C=O) groups is 1. The van der Waals surface area contributed by atoms with E-state index in [0.717, 1.165) is 24.8 Å². The Morgan fingerprint density at radius 1 is 1.53 bits per heavy atom. The molecular formula is C11H14N2O2. The maximum Gasteiger partial charge on any atom is 0.172 e. The van der Waals surface area contributed by atoms with Crippen LogP contribution in [0.1, 0.15) is 23.3 Å². The number of ether oxygens (including phenoxy) is 1. The maximum atomic E-state index is 10.8. The van der Waals surface area contributed by atoms with E-state index in [9.17, 15) is 4.79 Å². The Hall–Kier alpha value is -1.58. The van der Waals surface area contributed by atoms with E-state index in [4.69, 9.17) is 4.74 Å². The summed E-state index contributed by atoms with van der Waals surface area (Å²) in [6.07, 6.45) is 4.83. The van der Waals surface area contributed by atoms with E-state index in [1.807, 2.05) is 25.1 Å². The molecule has 80 valence electrons. The van der Waals surface area contributed by atoms with Crippen LogP contribution in [0, 0.1) is 0 Å². The number of hydrogen-bond donors (Lipinski definition) is 0. The van der Waals surface area contributed by atoms with Gasteiger partial charge in [0.15, 0.2) is 12.0 Å². The Labute approximate surface area is 88.9 Å². The van der Waals surface area contributed by atoms with Crippen molar-refractivity contribution in [3.05, 3.63) is 18.0 Å². The topological polar surface area (TPSA) is 42.4 Å². The molecule has 0 aliphatic heterocycles. The molecule has 4 nitrogen and oxygen atoms in total. The van der Waals surface area contributed by atoms with Gasteiger partial charge in [0.05, 0.1) is 18.0 Å². The molecule has 1 aliphatic carbocycles. The molecule has 0 unspecified atom stereocenters. The van der Waals surface area contributed by atoms with Crippen LogP contribution in [0.2, 0.25) is 0 Å². The molecule has 15 heavy (non-hydrogen) atoms. The molecule has 1 heterocycles. The van der Waals surface area contributed by atoms with Gasteiger partial charge in [0.25, 0.3) is 0 Å². The molecule has 0 amide bonds. The molecule has 0 aromatic carbocycles. The zero-order valence-corrected chi connectivity index (χ0v) is 8.93. The molecule has 2 rings (SSSR count). The fraction of sp³-hybridized carbons (Fsp3) is 0.455. The summed E-state index contributed by atoms with van der Waals surface area (Å²) in [5.41, 5.74) is 1.32. The second kappa shape index (κ2) is 3.88. The summed E-state index contributed by atoms with van der Waals surface area (Å²) in [5.74, 6) is 0.596. The third-order valence-corrected chi connectivity index (χ3v) is 2.31.